The lowest BCUT2D eigenvalue weighted by Crippen LogP contribution is -2.37. The first-order chi connectivity index (χ1) is 13.5. The van der Waals surface area contributed by atoms with Crippen LogP contribution in [0.2, 0.25) is 5.02 Å². The van der Waals surface area contributed by atoms with Crippen molar-refractivity contribution < 1.29 is 19.7 Å². The van der Waals surface area contributed by atoms with Crippen LogP contribution in [-0.4, -0.2) is 49.7 Å². The highest BCUT2D eigenvalue weighted by molar-refractivity contribution is 6.30. The lowest BCUT2D eigenvalue weighted by atomic mass is 9.92. The summed E-state index contributed by atoms with van der Waals surface area (Å²) in [6.07, 6.45) is -0.595. The number of nitrogens with zero attached hydrogens (tertiary/aromatic N) is 3. The van der Waals surface area contributed by atoms with Crippen molar-refractivity contribution in [2.45, 2.75) is 37.1 Å². The quantitative estimate of drug-likeness (QED) is 0.596. The van der Waals surface area contributed by atoms with Gasteiger partial charge >= 0.3 is 0 Å². The van der Waals surface area contributed by atoms with Gasteiger partial charge in [-0.1, -0.05) is 17.7 Å². The summed E-state index contributed by atoms with van der Waals surface area (Å²) in [5.41, 5.74) is 8.39. The molecular formula is C19H19ClN4O4. The number of aliphatic hydroxyl groups excluding tert-OH is 2. The van der Waals surface area contributed by atoms with Gasteiger partial charge in [0.15, 0.2) is 6.23 Å². The average Bonchev–Trinajstić information content (AvgIpc) is 3.24. The lowest BCUT2D eigenvalue weighted by molar-refractivity contribution is -0.113. The molecule has 0 unspecified atom stereocenters. The van der Waals surface area contributed by atoms with Crippen LogP contribution in [0.15, 0.2) is 36.8 Å². The standard InChI is InChI=1S/C19H19ClN4O4/c20-10-2-1-9-4-6-27-15(12(9)7-10)16-13(25)14(26)19(28-16)24-5-3-11-17(21)22-8-23-18(11)24/h1-3,5,7-8,13-16,19,25-26H,4,6H2,(H2,21,22,23)/t13-,14+,15+,16-,19+/m0/s1. The van der Waals surface area contributed by atoms with Crippen molar-refractivity contribution >= 4 is 28.5 Å². The summed E-state index contributed by atoms with van der Waals surface area (Å²) in [7, 11) is 0. The number of ether oxygens (including phenoxy) is 2. The van der Waals surface area contributed by atoms with Crippen LogP contribution in [0.5, 0.6) is 0 Å². The molecule has 5 atom stereocenters. The second-order valence-corrected chi connectivity index (χ2v) is 7.51. The van der Waals surface area contributed by atoms with E-state index in [9.17, 15) is 10.2 Å². The number of hydrogen-bond donors (Lipinski definition) is 3. The molecule has 8 nitrogen and oxygen atoms in total. The summed E-state index contributed by atoms with van der Waals surface area (Å²) in [6, 6.07) is 7.38. The van der Waals surface area contributed by atoms with Gasteiger partial charge in [0.2, 0.25) is 0 Å². The number of fused-ring (bicyclic) bond motifs is 2. The van der Waals surface area contributed by atoms with Crippen molar-refractivity contribution in [3.63, 3.8) is 0 Å². The molecule has 4 heterocycles. The molecule has 0 spiro atoms. The van der Waals surface area contributed by atoms with Gasteiger partial charge in [0, 0.05) is 11.2 Å². The number of aliphatic hydroxyl groups is 2. The maximum Gasteiger partial charge on any atom is 0.164 e. The van der Waals surface area contributed by atoms with E-state index >= 15 is 0 Å². The van der Waals surface area contributed by atoms with Gasteiger partial charge in [0.25, 0.3) is 0 Å². The van der Waals surface area contributed by atoms with Crippen molar-refractivity contribution in [2.75, 3.05) is 12.3 Å². The fourth-order valence-electron chi connectivity index (χ4n) is 4.08. The number of aromatic nitrogens is 3. The van der Waals surface area contributed by atoms with E-state index < -0.39 is 30.6 Å². The largest absolute Gasteiger partial charge is 0.387 e. The van der Waals surface area contributed by atoms with Crippen LogP contribution < -0.4 is 5.73 Å². The van der Waals surface area contributed by atoms with Crippen LogP contribution in [0.25, 0.3) is 11.0 Å². The molecule has 0 bridgehead atoms. The van der Waals surface area contributed by atoms with E-state index in [-0.39, 0.29) is 0 Å². The third kappa shape index (κ3) is 2.68. The molecule has 2 aliphatic rings. The Balaban J connectivity index is 1.51. The Kier molecular flexibility index (Phi) is 4.26. The van der Waals surface area contributed by atoms with Crippen LogP contribution in [0.4, 0.5) is 5.82 Å². The summed E-state index contributed by atoms with van der Waals surface area (Å²) in [5.74, 6) is 0.340. The second kappa shape index (κ2) is 6.68. The molecule has 28 heavy (non-hydrogen) atoms. The van der Waals surface area contributed by atoms with Gasteiger partial charge in [-0.2, -0.15) is 0 Å². The normalized spacial score (nSPS) is 29.9. The molecule has 0 amide bonds. The molecule has 3 aromatic rings. The predicted octanol–water partition coefficient (Wildman–Crippen LogP) is 1.60. The zero-order valence-electron chi connectivity index (χ0n) is 14.8. The van der Waals surface area contributed by atoms with Crippen LogP contribution in [0, 0.1) is 0 Å². The number of halogens is 1. The first-order valence-corrected chi connectivity index (χ1v) is 9.41. The predicted molar refractivity (Wildman–Crippen MR) is 102 cm³/mol. The Bertz CT molecular complexity index is 1040. The van der Waals surface area contributed by atoms with Crippen molar-refractivity contribution in [3.8, 4) is 0 Å². The Morgan fingerprint density at radius 3 is 2.89 bits per heavy atom. The number of anilines is 1. The van der Waals surface area contributed by atoms with E-state index in [0.29, 0.717) is 28.5 Å². The molecule has 0 radical (unpaired) electrons. The molecule has 1 aromatic carbocycles. The minimum absolute atomic E-state index is 0.340. The van der Waals surface area contributed by atoms with Crippen molar-refractivity contribution in [1.82, 2.24) is 14.5 Å². The highest BCUT2D eigenvalue weighted by Crippen LogP contribution is 2.42. The van der Waals surface area contributed by atoms with Gasteiger partial charge in [-0.25, -0.2) is 9.97 Å². The number of hydrogen-bond acceptors (Lipinski definition) is 7. The third-order valence-corrected chi connectivity index (χ3v) is 5.71. The summed E-state index contributed by atoms with van der Waals surface area (Å²) in [6.45, 7) is 0.503. The Hall–Kier alpha value is -2.23. The third-order valence-electron chi connectivity index (χ3n) is 5.47. The van der Waals surface area contributed by atoms with Crippen LogP contribution in [0.1, 0.15) is 23.5 Å². The monoisotopic (exact) mass is 402 g/mol. The summed E-state index contributed by atoms with van der Waals surface area (Å²) in [5, 5.41) is 22.7. The van der Waals surface area contributed by atoms with E-state index in [0.717, 1.165) is 17.5 Å². The van der Waals surface area contributed by atoms with Gasteiger partial charge in [-0.15, -0.1) is 0 Å². The maximum absolute atomic E-state index is 10.7. The molecule has 0 aliphatic carbocycles. The molecule has 1 saturated heterocycles. The fourth-order valence-corrected chi connectivity index (χ4v) is 4.26. The number of nitrogens with two attached hydrogens (primary N) is 1. The second-order valence-electron chi connectivity index (χ2n) is 7.08. The van der Waals surface area contributed by atoms with Gasteiger partial charge < -0.3 is 30.0 Å². The minimum Gasteiger partial charge on any atom is -0.387 e. The molecule has 1 fully saturated rings. The highest BCUT2D eigenvalue weighted by Gasteiger charge is 2.49. The molecule has 4 N–H and O–H groups in total. The number of benzene rings is 1. The van der Waals surface area contributed by atoms with E-state index in [1.165, 1.54) is 6.33 Å². The summed E-state index contributed by atoms with van der Waals surface area (Å²) in [4.78, 5) is 8.21. The molecular weight excluding hydrogens is 384 g/mol. The van der Waals surface area contributed by atoms with E-state index in [1.54, 1.807) is 16.8 Å². The zero-order valence-corrected chi connectivity index (χ0v) is 15.5. The molecule has 9 heteroatoms. The van der Waals surface area contributed by atoms with Crippen molar-refractivity contribution in [1.29, 1.82) is 0 Å². The summed E-state index contributed by atoms with van der Waals surface area (Å²) < 4.78 is 13.7. The van der Waals surface area contributed by atoms with Gasteiger partial charge in [-0.3, -0.25) is 0 Å². The number of rotatable bonds is 2. The zero-order chi connectivity index (χ0) is 19.4. The van der Waals surface area contributed by atoms with Crippen LogP contribution in [-0.2, 0) is 15.9 Å². The minimum atomic E-state index is -1.16. The van der Waals surface area contributed by atoms with E-state index in [4.69, 9.17) is 26.8 Å². The van der Waals surface area contributed by atoms with Crippen molar-refractivity contribution in [2.24, 2.45) is 0 Å². The Morgan fingerprint density at radius 2 is 2.04 bits per heavy atom. The van der Waals surface area contributed by atoms with Crippen LogP contribution >= 0.6 is 11.6 Å². The van der Waals surface area contributed by atoms with E-state index in [1.807, 2.05) is 18.2 Å². The van der Waals surface area contributed by atoms with E-state index in [2.05, 4.69) is 9.97 Å². The van der Waals surface area contributed by atoms with Gasteiger partial charge in [-0.05, 0) is 35.7 Å². The van der Waals surface area contributed by atoms with Crippen molar-refractivity contribution in [3.05, 3.63) is 52.9 Å². The first-order valence-electron chi connectivity index (χ1n) is 9.03. The lowest BCUT2D eigenvalue weighted by Gasteiger charge is -2.31. The first kappa shape index (κ1) is 17.8. The summed E-state index contributed by atoms with van der Waals surface area (Å²) >= 11 is 6.17. The highest BCUT2D eigenvalue weighted by atomic mass is 35.5. The SMILES string of the molecule is Nc1ncnc2c1ccn2[C@@H]1O[C@H]([C@@H]2OCCc3ccc(Cl)cc32)[C@@H](O)[C@H]1O. The van der Waals surface area contributed by atoms with Crippen LogP contribution in [0.3, 0.4) is 0 Å². The smallest absolute Gasteiger partial charge is 0.164 e. The molecule has 0 saturated carbocycles. The molecule has 5 rings (SSSR count). The number of nitrogen functional groups attached to an aromatic ring is 1. The Labute approximate surface area is 165 Å². The molecule has 146 valence electrons. The molecule has 2 aromatic heterocycles. The topological polar surface area (TPSA) is 116 Å². The average molecular weight is 403 g/mol. The maximum atomic E-state index is 10.7. The fraction of sp³-hybridized carbons (Fsp3) is 0.368. The van der Waals surface area contributed by atoms with Gasteiger partial charge in [0.1, 0.15) is 42.2 Å². The Morgan fingerprint density at radius 1 is 1.18 bits per heavy atom. The van der Waals surface area contributed by atoms with Gasteiger partial charge in [0.05, 0.1) is 12.0 Å². The molecule has 2 aliphatic heterocycles.